The number of hydrogen-bond donors (Lipinski definition) is 0. The van der Waals surface area contributed by atoms with Crippen LogP contribution in [0.5, 0.6) is 0 Å². The van der Waals surface area contributed by atoms with Crippen molar-refractivity contribution < 1.29 is 9.47 Å². The minimum Gasteiger partial charge on any atom is -0.466 e. The lowest BCUT2D eigenvalue weighted by Gasteiger charge is -2.18. The van der Waals surface area contributed by atoms with Gasteiger partial charge in [-0.25, -0.2) is 0 Å². The predicted octanol–water partition coefficient (Wildman–Crippen LogP) is 5.61. The van der Waals surface area contributed by atoms with Crippen LogP contribution in [-0.4, -0.2) is 0 Å². The van der Waals surface area contributed by atoms with Gasteiger partial charge in [0.2, 0.25) is 0 Å². The van der Waals surface area contributed by atoms with Crippen molar-refractivity contribution in [3.8, 4) is 24.3 Å². The molecule has 0 saturated heterocycles. The van der Waals surface area contributed by atoms with Crippen LogP contribution in [0.15, 0.2) is 69.6 Å². The van der Waals surface area contributed by atoms with Crippen molar-refractivity contribution in [1.82, 2.24) is 0 Å². The first kappa shape index (κ1) is 24.0. The third kappa shape index (κ3) is 6.56. The fourth-order valence-corrected chi connectivity index (χ4v) is 2.48. The Kier molecular flexibility index (Phi) is 8.90. The van der Waals surface area contributed by atoms with Crippen LogP contribution in [-0.2, 0) is 9.47 Å². The van der Waals surface area contributed by atoms with Crippen LogP contribution >= 0.6 is 0 Å². The number of nitrogens with zero attached hydrogens (tertiary/aromatic N) is 4. The Morgan fingerprint density at radius 3 is 1.17 bits per heavy atom. The second kappa shape index (κ2) is 11.1. The molecule has 2 aliphatic heterocycles. The van der Waals surface area contributed by atoms with Crippen molar-refractivity contribution in [2.45, 2.75) is 41.5 Å². The van der Waals surface area contributed by atoms with Gasteiger partial charge in [-0.1, -0.05) is 27.7 Å². The van der Waals surface area contributed by atoms with Crippen LogP contribution in [0.4, 0.5) is 0 Å². The van der Waals surface area contributed by atoms with Gasteiger partial charge in [0.1, 0.15) is 58.5 Å². The normalized spacial score (nSPS) is 14.7. The smallest absolute Gasteiger partial charge is 0.137 e. The van der Waals surface area contributed by atoms with E-state index in [1.54, 1.807) is 24.3 Å². The van der Waals surface area contributed by atoms with Gasteiger partial charge in [-0.05, 0) is 38.2 Å². The van der Waals surface area contributed by atoms with Crippen molar-refractivity contribution in [2.75, 3.05) is 0 Å². The van der Waals surface area contributed by atoms with Crippen molar-refractivity contribution in [1.29, 1.82) is 21.0 Å². The molecule has 0 aromatic carbocycles. The highest BCUT2D eigenvalue weighted by Gasteiger charge is 2.15. The molecule has 0 fully saturated rings. The molecule has 0 bridgehead atoms. The summed E-state index contributed by atoms with van der Waals surface area (Å²) in [6.07, 6.45) is 6.90. The van der Waals surface area contributed by atoms with Crippen molar-refractivity contribution in [3.05, 3.63) is 69.6 Å². The SMILES string of the molecule is CC1=CC(=C(C#N)C#N)C=C(C(C)C)O1.CC1=CC(=C(C#N)C#N)C=C(C(C)C)O1. The summed E-state index contributed by atoms with van der Waals surface area (Å²) in [4.78, 5) is 0. The molecule has 0 unspecified atom stereocenters. The lowest BCUT2D eigenvalue weighted by molar-refractivity contribution is 0.263. The largest absolute Gasteiger partial charge is 0.466 e. The summed E-state index contributed by atoms with van der Waals surface area (Å²) in [7, 11) is 0. The van der Waals surface area contributed by atoms with E-state index in [4.69, 9.17) is 30.5 Å². The summed E-state index contributed by atoms with van der Waals surface area (Å²) in [6.45, 7) is 11.6. The molecule has 6 nitrogen and oxygen atoms in total. The van der Waals surface area contributed by atoms with Crippen LogP contribution in [0.25, 0.3) is 0 Å². The Morgan fingerprint density at radius 1 is 0.633 bits per heavy atom. The molecule has 0 N–H and O–H groups in total. The van der Waals surface area contributed by atoms with E-state index in [0.29, 0.717) is 22.7 Å². The van der Waals surface area contributed by atoms with Crippen molar-refractivity contribution in [2.24, 2.45) is 11.8 Å². The summed E-state index contributed by atoms with van der Waals surface area (Å²) in [6, 6.07) is 7.50. The summed E-state index contributed by atoms with van der Waals surface area (Å²) in [5.41, 5.74) is 1.51. The van der Waals surface area contributed by atoms with Crippen LogP contribution in [0.2, 0.25) is 0 Å². The second-order valence-corrected chi connectivity index (χ2v) is 7.22. The number of rotatable bonds is 2. The zero-order valence-corrected chi connectivity index (χ0v) is 18.1. The third-order valence-corrected chi connectivity index (χ3v) is 4.03. The highest BCUT2D eigenvalue weighted by Crippen LogP contribution is 2.26. The van der Waals surface area contributed by atoms with E-state index in [9.17, 15) is 0 Å². The van der Waals surface area contributed by atoms with Crippen LogP contribution in [0.3, 0.4) is 0 Å². The minimum absolute atomic E-state index is 0.121. The Balaban J connectivity index is 0.000000300. The number of allylic oxidation sites excluding steroid dienone is 12. The van der Waals surface area contributed by atoms with Gasteiger partial charge < -0.3 is 9.47 Å². The molecule has 0 aliphatic carbocycles. The molecule has 30 heavy (non-hydrogen) atoms. The van der Waals surface area contributed by atoms with Crippen LogP contribution in [0, 0.1) is 57.2 Å². The van der Waals surface area contributed by atoms with Gasteiger partial charge in [-0.3, -0.25) is 0 Å². The quantitative estimate of drug-likeness (QED) is 0.557. The molecule has 152 valence electrons. The van der Waals surface area contributed by atoms with E-state index in [1.165, 1.54) is 0 Å². The Hall–Kier alpha value is -4.00. The molecule has 6 heteroatoms. The Labute approximate surface area is 178 Å². The lowest BCUT2D eigenvalue weighted by Crippen LogP contribution is -2.04. The Morgan fingerprint density at radius 2 is 0.933 bits per heavy atom. The topological polar surface area (TPSA) is 114 Å². The fraction of sp³-hybridized carbons (Fsp3) is 0.333. The standard InChI is InChI=1S/2C12H12N2O/c2*1-8(2)12-5-10(4-9(3)15-12)11(6-13)7-14/h2*4-5,8H,1-3H3. The van der Waals surface area contributed by atoms with Gasteiger partial charge in [0.25, 0.3) is 0 Å². The van der Waals surface area contributed by atoms with Gasteiger partial charge in [-0.2, -0.15) is 21.0 Å². The van der Waals surface area contributed by atoms with Crippen LogP contribution < -0.4 is 0 Å². The summed E-state index contributed by atoms with van der Waals surface area (Å²) in [5, 5.41) is 35.0. The van der Waals surface area contributed by atoms with Crippen molar-refractivity contribution >= 4 is 0 Å². The minimum atomic E-state index is 0.121. The molecule has 0 aromatic rings. The molecule has 0 saturated carbocycles. The Bertz CT molecular complexity index is 932. The van der Waals surface area contributed by atoms with E-state index < -0.39 is 0 Å². The average Bonchev–Trinajstić information content (AvgIpc) is 2.69. The third-order valence-electron chi connectivity index (χ3n) is 4.03. The summed E-state index contributed by atoms with van der Waals surface area (Å²) in [5.74, 6) is 3.46. The molecular formula is C24H24N4O2. The first-order valence-electron chi connectivity index (χ1n) is 9.41. The zero-order chi connectivity index (χ0) is 22.8. The van der Waals surface area contributed by atoms with E-state index >= 15 is 0 Å². The number of ether oxygens (including phenoxy) is 2. The average molecular weight is 400 g/mol. The van der Waals surface area contributed by atoms with Crippen molar-refractivity contribution in [3.63, 3.8) is 0 Å². The highest BCUT2D eigenvalue weighted by atomic mass is 16.5. The molecule has 0 radical (unpaired) electrons. The maximum absolute atomic E-state index is 8.76. The van der Waals surface area contributed by atoms with E-state index in [2.05, 4.69) is 0 Å². The van der Waals surface area contributed by atoms with Gasteiger partial charge in [-0.15, -0.1) is 0 Å². The predicted molar refractivity (Wildman–Crippen MR) is 112 cm³/mol. The van der Waals surface area contributed by atoms with Gasteiger partial charge in [0.15, 0.2) is 0 Å². The molecule has 0 amide bonds. The number of nitriles is 4. The maximum atomic E-state index is 8.76. The summed E-state index contributed by atoms with van der Waals surface area (Å²) < 4.78 is 11.0. The monoisotopic (exact) mass is 400 g/mol. The lowest BCUT2D eigenvalue weighted by atomic mass is 10.0. The molecule has 2 heterocycles. The van der Waals surface area contributed by atoms with E-state index in [0.717, 1.165) is 11.5 Å². The fourth-order valence-electron chi connectivity index (χ4n) is 2.48. The molecule has 2 rings (SSSR count). The highest BCUT2D eigenvalue weighted by molar-refractivity contribution is 5.53. The first-order chi connectivity index (χ1) is 14.2. The second-order valence-electron chi connectivity index (χ2n) is 7.22. The molecule has 0 atom stereocenters. The van der Waals surface area contributed by atoms with Gasteiger partial charge in [0.05, 0.1) is 0 Å². The molecule has 0 aromatic heterocycles. The molecule has 2 aliphatic rings. The zero-order valence-electron chi connectivity index (χ0n) is 18.1. The molecule has 0 spiro atoms. The summed E-state index contributed by atoms with van der Waals surface area (Å²) >= 11 is 0. The van der Waals surface area contributed by atoms with Gasteiger partial charge >= 0.3 is 0 Å². The van der Waals surface area contributed by atoms with Crippen LogP contribution in [0.1, 0.15) is 41.5 Å². The van der Waals surface area contributed by atoms with Gasteiger partial charge in [0, 0.05) is 23.0 Å². The van der Waals surface area contributed by atoms with E-state index in [-0.39, 0.29) is 23.0 Å². The molecular weight excluding hydrogens is 376 g/mol. The first-order valence-corrected chi connectivity index (χ1v) is 9.41. The maximum Gasteiger partial charge on any atom is 0.137 e. The van der Waals surface area contributed by atoms with E-state index in [1.807, 2.05) is 65.8 Å². The number of hydrogen-bond acceptors (Lipinski definition) is 6.